The van der Waals surface area contributed by atoms with Crippen LogP contribution in [0.15, 0.2) is 0 Å². The number of nitrogens with one attached hydrogen (secondary N) is 1. The van der Waals surface area contributed by atoms with Gasteiger partial charge in [-0.2, -0.15) is 0 Å². The van der Waals surface area contributed by atoms with Crippen LogP contribution >= 0.6 is 0 Å². The van der Waals surface area contributed by atoms with E-state index < -0.39 is 30.1 Å². The van der Waals surface area contributed by atoms with Gasteiger partial charge in [-0.25, -0.2) is 0 Å². The van der Waals surface area contributed by atoms with E-state index in [0.29, 0.717) is 0 Å². The maximum atomic E-state index is 10.8. The van der Waals surface area contributed by atoms with Gasteiger partial charge in [-0.1, -0.05) is 0 Å². The number of rotatable bonds is 5. The third kappa shape index (κ3) is 4.91. The predicted molar refractivity (Wildman–Crippen MR) is 43.9 cm³/mol. The summed E-state index contributed by atoms with van der Waals surface area (Å²) in [5.74, 6) is -2.08. The molecule has 0 unspecified atom stereocenters. The first-order valence-electron chi connectivity index (χ1n) is 3.69. The van der Waals surface area contributed by atoms with Crippen LogP contribution in [0.5, 0.6) is 0 Å². The average molecular weight is 188 g/mol. The van der Waals surface area contributed by atoms with E-state index >= 15 is 0 Å². The molecule has 0 aliphatic heterocycles. The molecule has 6 heteroatoms. The predicted octanol–water partition coefficient (Wildman–Crippen LogP) is -1.51. The van der Waals surface area contributed by atoms with Gasteiger partial charge in [-0.3, -0.25) is 14.4 Å². The largest absolute Gasteiger partial charge is 0.481 e. The molecule has 4 N–H and O–H groups in total. The van der Waals surface area contributed by atoms with Crippen LogP contribution in [-0.4, -0.2) is 35.4 Å². The van der Waals surface area contributed by atoms with Crippen LogP contribution in [0.2, 0.25) is 0 Å². The van der Waals surface area contributed by atoms with Crippen LogP contribution in [0, 0.1) is 0 Å². The summed E-state index contributed by atoms with van der Waals surface area (Å²) in [6.45, 7) is 0.952. The van der Waals surface area contributed by atoms with Crippen molar-refractivity contribution in [3.05, 3.63) is 0 Å². The Balaban J connectivity index is 4.18. The number of amides is 1. The van der Waals surface area contributed by atoms with E-state index in [1.54, 1.807) is 0 Å². The number of hydrogen-bond donors (Lipinski definition) is 3. The number of carbonyl (C=O) groups excluding carboxylic acids is 2. The summed E-state index contributed by atoms with van der Waals surface area (Å²) in [4.78, 5) is 31.8. The Morgan fingerprint density at radius 1 is 1.46 bits per heavy atom. The van der Waals surface area contributed by atoms with Crippen molar-refractivity contribution in [2.24, 2.45) is 5.73 Å². The molecule has 0 aromatic rings. The van der Waals surface area contributed by atoms with Crippen molar-refractivity contribution in [3.63, 3.8) is 0 Å². The minimum Gasteiger partial charge on any atom is -0.481 e. The van der Waals surface area contributed by atoms with Crippen LogP contribution in [0.1, 0.15) is 13.3 Å². The molecule has 0 saturated carbocycles. The third-order valence-corrected chi connectivity index (χ3v) is 1.39. The molecule has 0 spiro atoms. The zero-order valence-electron chi connectivity index (χ0n) is 7.24. The topological polar surface area (TPSA) is 109 Å². The third-order valence-electron chi connectivity index (χ3n) is 1.39. The van der Waals surface area contributed by atoms with Crippen LogP contribution in [0.25, 0.3) is 0 Å². The van der Waals surface area contributed by atoms with Crippen molar-refractivity contribution < 1.29 is 19.5 Å². The lowest BCUT2D eigenvalue weighted by Gasteiger charge is -2.12. The number of Topliss-reactive ketones (excluding diaryl/α,β-unsaturated/α-hetero) is 1. The zero-order valence-corrected chi connectivity index (χ0v) is 7.24. The normalized spacial score (nSPS) is 11.8. The maximum absolute atomic E-state index is 10.8. The van der Waals surface area contributed by atoms with E-state index in [4.69, 9.17) is 10.8 Å². The molecule has 0 aliphatic carbocycles. The summed E-state index contributed by atoms with van der Waals surface area (Å²) in [6, 6.07) is -0.978. The molecule has 0 aromatic carbocycles. The number of carboxylic acid groups (broad SMARTS) is 1. The lowest BCUT2D eigenvalue weighted by atomic mass is 10.1. The quantitative estimate of drug-likeness (QED) is 0.486. The van der Waals surface area contributed by atoms with Crippen LogP contribution in [0.3, 0.4) is 0 Å². The highest BCUT2D eigenvalue weighted by molar-refractivity contribution is 5.90. The Hall–Kier alpha value is -1.43. The summed E-state index contributed by atoms with van der Waals surface area (Å²) >= 11 is 0. The highest BCUT2D eigenvalue weighted by atomic mass is 16.4. The van der Waals surface area contributed by atoms with Crippen molar-refractivity contribution in [3.8, 4) is 0 Å². The van der Waals surface area contributed by atoms with E-state index in [-0.39, 0.29) is 6.54 Å². The van der Waals surface area contributed by atoms with Crippen molar-refractivity contribution in [1.82, 2.24) is 5.32 Å². The standard InChI is InChI=1S/C7H12N2O4/c1-4(10)5(2-7(12)13)9-6(11)3-8/h5H,2-3,8H2,1H3,(H,9,11)(H,12,13)/t5-/m0/s1. The van der Waals surface area contributed by atoms with Gasteiger partial charge in [0.15, 0.2) is 5.78 Å². The van der Waals surface area contributed by atoms with Crippen molar-refractivity contribution in [2.45, 2.75) is 19.4 Å². The highest BCUT2D eigenvalue weighted by Crippen LogP contribution is 1.93. The second-order valence-electron chi connectivity index (χ2n) is 2.53. The molecular weight excluding hydrogens is 176 g/mol. The first kappa shape index (κ1) is 11.6. The smallest absolute Gasteiger partial charge is 0.305 e. The van der Waals surface area contributed by atoms with E-state index in [0.717, 1.165) is 0 Å². The summed E-state index contributed by atoms with van der Waals surface area (Å²) in [6.07, 6.45) is -0.416. The minimum atomic E-state index is -1.14. The van der Waals surface area contributed by atoms with E-state index in [1.807, 2.05) is 0 Å². The summed E-state index contributed by atoms with van der Waals surface area (Å²) < 4.78 is 0. The molecule has 0 aliphatic rings. The first-order chi connectivity index (χ1) is 5.97. The van der Waals surface area contributed by atoms with E-state index in [9.17, 15) is 14.4 Å². The maximum Gasteiger partial charge on any atom is 0.305 e. The van der Waals surface area contributed by atoms with Crippen LogP contribution < -0.4 is 11.1 Å². The first-order valence-corrected chi connectivity index (χ1v) is 3.69. The lowest BCUT2D eigenvalue weighted by Crippen LogP contribution is -2.43. The number of carbonyl (C=O) groups is 3. The van der Waals surface area contributed by atoms with Gasteiger partial charge in [0.25, 0.3) is 0 Å². The summed E-state index contributed by atoms with van der Waals surface area (Å²) in [5, 5.41) is 10.6. The minimum absolute atomic E-state index is 0.261. The zero-order chi connectivity index (χ0) is 10.4. The second kappa shape index (κ2) is 5.26. The van der Waals surface area contributed by atoms with E-state index in [2.05, 4.69) is 5.32 Å². The van der Waals surface area contributed by atoms with Crippen molar-refractivity contribution >= 4 is 17.7 Å². The Morgan fingerprint density at radius 3 is 2.31 bits per heavy atom. The lowest BCUT2D eigenvalue weighted by molar-refractivity contribution is -0.139. The van der Waals surface area contributed by atoms with Crippen molar-refractivity contribution in [2.75, 3.05) is 6.54 Å². The van der Waals surface area contributed by atoms with Gasteiger partial charge in [0.2, 0.25) is 5.91 Å². The van der Waals surface area contributed by atoms with E-state index in [1.165, 1.54) is 6.92 Å². The number of hydrogen-bond acceptors (Lipinski definition) is 4. The molecule has 0 heterocycles. The fourth-order valence-electron chi connectivity index (χ4n) is 0.724. The molecule has 0 bridgehead atoms. The van der Waals surface area contributed by atoms with Gasteiger partial charge >= 0.3 is 5.97 Å². The monoisotopic (exact) mass is 188 g/mol. The van der Waals surface area contributed by atoms with Gasteiger partial charge in [0, 0.05) is 0 Å². The number of nitrogens with two attached hydrogens (primary N) is 1. The molecule has 0 aromatic heterocycles. The Kier molecular flexibility index (Phi) is 4.68. The Labute approximate surface area is 75.1 Å². The number of aliphatic carboxylic acids is 1. The number of ketones is 1. The average Bonchev–Trinajstić information content (AvgIpc) is 2.02. The summed E-state index contributed by atoms with van der Waals surface area (Å²) in [7, 11) is 0. The molecule has 0 radical (unpaired) electrons. The molecule has 1 atom stereocenters. The Morgan fingerprint density at radius 2 is 2.00 bits per heavy atom. The SMILES string of the molecule is CC(=O)[C@H](CC(=O)O)NC(=O)CN. The van der Waals surface area contributed by atoms with Gasteiger partial charge in [0.05, 0.1) is 19.0 Å². The highest BCUT2D eigenvalue weighted by Gasteiger charge is 2.19. The fourth-order valence-corrected chi connectivity index (χ4v) is 0.724. The Bertz CT molecular complexity index is 227. The number of carboxylic acids is 1. The van der Waals surface area contributed by atoms with Crippen molar-refractivity contribution in [1.29, 1.82) is 0 Å². The summed E-state index contributed by atoms with van der Waals surface area (Å²) in [5.41, 5.74) is 4.98. The molecular formula is C7H12N2O4. The van der Waals surface area contributed by atoms with Gasteiger partial charge in [-0.15, -0.1) is 0 Å². The van der Waals surface area contributed by atoms with Gasteiger partial charge < -0.3 is 16.2 Å². The molecule has 0 fully saturated rings. The molecule has 6 nitrogen and oxygen atoms in total. The molecule has 0 saturated heterocycles. The van der Waals surface area contributed by atoms with Crippen LogP contribution in [-0.2, 0) is 14.4 Å². The molecule has 1 amide bonds. The molecule has 13 heavy (non-hydrogen) atoms. The second-order valence-corrected chi connectivity index (χ2v) is 2.53. The van der Waals surface area contributed by atoms with Gasteiger partial charge in [-0.05, 0) is 6.92 Å². The van der Waals surface area contributed by atoms with Crippen LogP contribution in [0.4, 0.5) is 0 Å². The molecule has 0 rings (SSSR count). The molecule has 74 valence electrons. The van der Waals surface area contributed by atoms with Gasteiger partial charge in [0.1, 0.15) is 0 Å². The fraction of sp³-hybridized carbons (Fsp3) is 0.571.